The molecule has 4 heteroatoms. The van der Waals surface area contributed by atoms with Gasteiger partial charge in [0.1, 0.15) is 5.75 Å². The highest BCUT2D eigenvalue weighted by atomic mass is 35.5. The highest BCUT2D eigenvalue weighted by Crippen LogP contribution is 2.33. The average Bonchev–Trinajstić information content (AvgIpc) is 2.81. The van der Waals surface area contributed by atoms with Crippen LogP contribution in [0.4, 0.5) is 4.79 Å². The standard InChI is InChI=1S/C28H48ClNO2/c1-3-4-5-6-7-8-9-10-11-12-13-14-15-16-17-18-19-23-26(29)25-22-20-21-24-27(25)32-28(31)30-2/h20-22,24,26H,3-19,23H2,1-2H3,(H,30,31). The van der Waals surface area contributed by atoms with Crippen LogP contribution in [0.15, 0.2) is 24.3 Å². The molecule has 1 aromatic rings. The lowest BCUT2D eigenvalue weighted by molar-refractivity contribution is 0.202. The molecule has 1 N–H and O–H groups in total. The van der Waals surface area contributed by atoms with Crippen LogP contribution in [0.3, 0.4) is 0 Å². The third kappa shape index (κ3) is 14.8. The fourth-order valence-corrected chi connectivity index (χ4v) is 4.52. The first-order valence-corrected chi connectivity index (χ1v) is 13.7. The first-order chi connectivity index (χ1) is 15.7. The lowest BCUT2D eigenvalue weighted by Gasteiger charge is -2.14. The SMILES string of the molecule is CCCCCCCCCCCCCCCCCCCC(Cl)c1ccccc1OC(=O)NC. The van der Waals surface area contributed by atoms with Crippen molar-refractivity contribution in [2.75, 3.05) is 7.05 Å². The number of unbranched alkanes of at least 4 members (excludes halogenated alkanes) is 16. The molecule has 0 aliphatic carbocycles. The van der Waals surface area contributed by atoms with Gasteiger partial charge in [0.15, 0.2) is 0 Å². The lowest BCUT2D eigenvalue weighted by atomic mass is 10.0. The third-order valence-electron chi connectivity index (χ3n) is 6.22. The van der Waals surface area contributed by atoms with Gasteiger partial charge in [0.2, 0.25) is 0 Å². The second kappa shape index (κ2) is 20.4. The van der Waals surface area contributed by atoms with E-state index in [2.05, 4.69) is 12.2 Å². The number of hydrogen-bond donors (Lipinski definition) is 1. The Labute approximate surface area is 203 Å². The smallest absolute Gasteiger partial charge is 0.410 e. The fourth-order valence-electron chi connectivity index (χ4n) is 4.19. The topological polar surface area (TPSA) is 38.3 Å². The van der Waals surface area contributed by atoms with Crippen LogP contribution in [-0.4, -0.2) is 13.1 Å². The van der Waals surface area contributed by atoms with Gasteiger partial charge in [-0.2, -0.15) is 0 Å². The Morgan fingerprint density at radius 2 is 1.22 bits per heavy atom. The zero-order valence-corrected chi connectivity index (χ0v) is 21.6. The van der Waals surface area contributed by atoms with Crippen molar-refractivity contribution in [3.8, 4) is 5.75 Å². The number of ether oxygens (including phenoxy) is 1. The van der Waals surface area contributed by atoms with E-state index in [1.165, 1.54) is 103 Å². The second-order valence-corrected chi connectivity index (χ2v) is 9.62. The number of nitrogens with one attached hydrogen (secondary N) is 1. The molecule has 0 aromatic heterocycles. The van der Waals surface area contributed by atoms with Crippen LogP contribution in [0.2, 0.25) is 0 Å². The minimum Gasteiger partial charge on any atom is -0.410 e. The molecule has 32 heavy (non-hydrogen) atoms. The Kier molecular flexibility index (Phi) is 18.4. The van der Waals surface area contributed by atoms with E-state index >= 15 is 0 Å². The number of benzene rings is 1. The van der Waals surface area contributed by atoms with Crippen molar-refractivity contribution in [2.45, 2.75) is 128 Å². The first-order valence-electron chi connectivity index (χ1n) is 13.3. The van der Waals surface area contributed by atoms with E-state index in [0.717, 1.165) is 18.4 Å². The predicted octanol–water partition coefficient (Wildman–Crippen LogP) is 9.73. The van der Waals surface area contributed by atoms with E-state index in [1.54, 1.807) is 13.1 Å². The first kappa shape index (κ1) is 28.8. The number of halogens is 1. The summed E-state index contributed by atoms with van der Waals surface area (Å²) < 4.78 is 5.32. The molecule has 1 unspecified atom stereocenters. The molecule has 1 aromatic carbocycles. The quantitative estimate of drug-likeness (QED) is 0.154. The normalized spacial score (nSPS) is 12.0. The van der Waals surface area contributed by atoms with Crippen LogP contribution in [0.5, 0.6) is 5.75 Å². The molecule has 3 nitrogen and oxygen atoms in total. The number of carbonyl (C=O) groups excluding carboxylic acids is 1. The van der Waals surface area contributed by atoms with Gasteiger partial charge in [-0.25, -0.2) is 4.79 Å². The number of rotatable bonds is 20. The second-order valence-electron chi connectivity index (χ2n) is 9.09. The van der Waals surface area contributed by atoms with E-state index in [4.69, 9.17) is 16.3 Å². The van der Waals surface area contributed by atoms with Crippen LogP contribution in [0.25, 0.3) is 0 Å². The average molecular weight is 466 g/mol. The minimum atomic E-state index is -0.459. The number of para-hydroxylation sites is 1. The van der Waals surface area contributed by atoms with E-state index in [-0.39, 0.29) is 5.38 Å². The van der Waals surface area contributed by atoms with E-state index < -0.39 is 6.09 Å². The highest BCUT2D eigenvalue weighted by molar-refractivity contribution is 6.21. The minimum absolute atomic E-state index is 0.118. The summed E-state index contributed by atoms with van der Waals surface area (Å²) in [5, 5.41) is 2.36. The summed E-state index contributed by atoms with van der Waals surface area (Å²) in [6, 6.07) is 7.55. The number of hydrogen-bond acceptors (Lipinski definition) is 2. The van der Waals surface area contributed by atoms with Gasteiger partial charge in [0, 0.05) is 12.6 Å². The maximum absolute atomic E-state index is 11.5. The Morgan fingerprint density at radius 3 is 1.69 bits per heavy atom. The van der Waals surface area contributed by atoms with Crippen molar-refractivity contribution >= 4 is 17.7 Å². The molecule has 0 radical (unpaired) electrons. The zero-order chi connectivity index (χ0) is 23.3. The summed E-state index contributed by atoms with van der Waals surface area (Å²) in [6.45, 7) is 2.28. The van der Waals surface area contributed by atoms with Crippen molar-refractivity contribution in [2.24, 2.45) is 0 Å². The van der Waals surface area contributed by atoms with Gasteiger partial charge in [-0.15, -0.1) is 11.6 Å². The molecule has 1 rings (SSSR count). The number of alkyl halides is 1. The van der Waals surface area contributed by atoms with Gasteiger partial charge < -0.3 is 10.1 Å². The predicted molar refractivity (Wildman–Crippen MR) is 139 cm³/mol. The molecule has 0 heterocycles. The van der Waals surface area contributed by atoms with Crippen molar-refractivity contribution in [3.05, 3.63) is 29.8 Å². The van der Waals surface area contributed by atoms with E-state index in [1.807, 2.05) is 18.2 Å². The van der Waals surface area contributed by atoms with Gasteiger partial charge in [-0.3, -0.25) is 0 Å². The van der Waals surface area contributed by atoms with Gasteiger partial charge in [-0.1, -0.05) is 134 Å². The molecule has 0 bridgehead atoms. The van der Waals surface area contributed by atoms with Crippen molar-refractivity contribution < 1.29 is 9.53 Å². The van der Waals surface area contributed by atoms with Crippen molar-refractivity contribution in [1.82, 2.24) is 5.32 Å². The van der Waals surface area contributed by atoms with Crippen LogP contribution in [-0.2, 0) is 0 Å². The summed E-state index contributed by atoms with van der Waals surface area (Å²) >= 11 is 6.60. The van der Waals surface area contributed by atoms with Crippen LogP contribution in [0, 0.1) is 0 Å². The van der Waals surface area contributed by atoms with Crippen molar-refractivity contribution in [3.63, 3.8) is 0 Å². The van der Waals surface area contributed by atoms with Crippen LogP contribution < -0.4 is 10.1 Å². The molecule has 0 saturated heterocycles. The fraction of sp³-hybridized carbons (Fsp3) is 0.750. The maximum atomic E-state index is 11.5. The zero-order valence-electron chi connectivity index (χ0n) is 20.8. The largest absolute Gasteiger partial charge is 0.412 e. The van der Waals surface area contributed by atoms with Crippen molar-refractivity contribution in [1.29, 1.82) is 0 Å². The third-order valence-corrected chi connectivity index (χ3v) is 6.68. The molecular formula is C28H48ClNO2. The molecule has 1 atom stereocenters. The molecule has 184 valence electrons. The van der Waals surface area contributed by atoms with E-state index in [0.29, 0.717) is 5.75 Å². The Morgan fingerprint density at radius 1 is 0.781 bits per heavy atom. The van der Waals surface area contributed by atoms with Crippen LogP contribution in [0.1, 0.15) is 133 Å². The summed E-state index contributed by atoms with van der Waals surface area (Å²) in [5.74, 6) is 0.554. The molecule has 0 aliphatic heterocycles. The Balaban J connectivity index is 1.94. The van der Waals surface area contributed by atoms with Gasteiger partial charge in [-0.05, 0) is 12.5 Å². The molecule has 1 amide bonds. The summed E-state index contributed by atoms with van der Waals surface area (Å²) in [5.41, 5.74) is 0.897. The molecule has 0 aliphatic rings. The monoisotopic (exact) mass is 465 g/mol. The number of carbonyl (C=O) groups is 1. The lowest BCUT2D eigenvalue weighted by Crippen LogP contribution is -2.22. The Hall–Kier alpha value is -1.22. The van der Waals surface area contributed by atoms with Gasteiger partial charge >= 0.3 is 6.09 Å². The molecule has 0 fully saturated rings. The van der Waals surface area contributed by atoms with Crippen LogP contribution >= 0.6 is 11.6 Å². The van der Waals surface area contributed by atoms with Gasteiger partial charge in [0.05, 0.1) is 5.38 Å². The summed E-state index contributed by atoms with van der Waals surface area (Å²) in [4.78, 5) is 11.5. The van der Waals surface area contributed by atoms with E-state index in [9.17, 15) is 4.79 Å². The molecule has 0 saturated carbocycles. The van der Waals surface area contributed by atoms with Gasteiger partial charge in [0.25, 0.3) is 0 Å². The summed E-state index contributed by atoms with van der Waals surface area (Å²) in [7, 11) is 1.56. The summed E-state index contributed by atoms with van der Waals surface area (Å²) in [6.07, 6.45) is 23.8. The number of amides is 1. The maximum Gasteiger partial charge on any atom is 0.412 e. The highest BCUT2D eigenvalue weighted by Gasteiger charge is 2.15. The molecular weight excluding hydrogens is 418 g/mol. The Bertz CT molecular complexity index is 578. The molecule has 0 spiro atoms.